The molecule has 0 aliphatic rings. The van der Waals surface area contributed by atoms with E-state index in [2.05, 4.69) is 4.98 Å². The number of carbonyl (C=O) groups excluding carboxylic acids is 1. The fourth-order valence-corrected chi connectivity index (χ4v) is 2.42. The molecule has 0 aliphatic heterocycles. The number of rotatable bonds is 5. The number of H-pyrrole nitrogens is 1. The summed E-state index contributed by atoms with van der Waals surface area (Å²) in [4.78, 5) is 26.7. The van der Waals surface area contributed by atoms with E-state index in [1.165, 1.54) is 6.07 Å². The maximum atomic E-state index is 12.2. The first-order valence-corrected chi connectivity index (χ1v) is 7.69. The molecule has 0 unspecified atom stereocenters. The molecule has 0 amide bonds. The lowest BCUT2D eigenvalue weighted by atomic mass is 10.1. The Bertz CT molecular complexity index is 916. The second-order valence-corrected chi connectivity index (χ2v) is 5.23. The quantitative estimate of drug-likeness (QED) is 0.732. The third-order valence-corrected chi connectivity index (χ3v) is 3.57. The normalized spacial score (nSPS) is 10.5. The molecule has 1 heterocycles. The number of hydrogen-bond donors (Lipinski definition) is 1. The van der Waals surface area contributed by atoms with Crippen molar-refractivity contribution in [3.8, 4) is 5.75 Å². The van der Waals surface area contributed by atoms with Crippen molar-refractivity contribution in [3.05, 3.63) is 76.1 Å². The molecule has 0 aliphatic carbocycles. The van der Waals surface area contributed by atoms with Crippen LogP contribution in [0.4, 0.5) is 0 Å². The maximum absolute atomic E-state index is 12.2. The summed E-state index contributed by atoms with van der Waals surface area (Å²) in [7, 11) is 0. The lowest BCUT2D eigenvalue weighted by Gasteiger charge is -2.10. The molecule has 3 aromatic rings. The van der Waals surface area contributed by atoms with E-state index in [-0.39, 0.29) is 12.2 Å². The lowest BCUT2D eigenvalue weighted by molar-refractivity contribution is 0.0524. The van der Waals surface area contributed by atoms with Crippen molar-refractivity contribution < 1.29 is 14.3 Å². The molecular formula is C19H17NO4. The van der Waals surface area contributed by atoms with E-state index in [1.807, 2.05) is 42.5 Å². The summed E-state index contributed by atoms with van der Waals surface area (Å²) in [6.07, 6.45) is 0. The lowest BCUT2D eigenvalue weighted by Crippen LogP contribution is -2.19. The van der Waals surface area contributed by atoms with Crippen molar-refractivity contribution in [1.82, 2.24) is 4.98 Å². The molecule has 0 saturated carbocycles. The van der Waals surface area contributed by atoms with Crippen molar-refractivity contribution in [3.63, 3.8) is 0 Å². The van der Waals surface area contributed by atoms with Crippen LogP contribution in [0, 0.1) is 0 Å². The number of ether oxygens (including phenoxy) is 2. The number of aromatic nitrogens is 1. The third-order valence-electron chi connectivity index (χ3n) is 3.57. The molecule has 0 saturated heterocycles. The topological polar surface area (TPSA) is 68.4 Å². The van der Waals surface area contributed by atoms with Gasteiger partial charge in [0.1, 0.15) is 17.9 Å². The first-order chi connectivity index (χ1) is 11.7. The highest BCUT2D eigenvalue weighted by Gasteiger charge is 2.14. The van der Waals surface area contributed by atoms with Crippen LogP contribution in [0.15, 0.2) is 59.4 Å². The Balaban J connectivity index is 1.94. The van der Waals surface area contributed by atoms with Crippen LogP contribution in [0.5, 0.6) is 5.75 Å². The summed E-state index contributed by atoms with van der Waals surface area (Å²) in [6.45, 7) is 2.31. The van der Waals surface area contributed by atoms with Crippen molar-refractivity contribution in [2.24, 2.45) is 0 Å². The molecule has 1 N–H and O–H groups in total. The number of carbonyl (C=O) groups is 1. The van der Waals surface area contributed by atoms with E-state index >= 15 is 0 Å². The molecule has 24 heavy (non-hydrogen) atoms. The van der Waals surface area contributed by atoms with Crippen molar-refractivity contribution >= 4 is 16.9 Å². The molecule has 0 bridgehead atoms. The molecular weight excluding hydrogens is 306 g/mol. The van der Waals surface area contributed by atoms with Gasteiger partial charge in [0.25, 0.3) is 5.56 Å². The summed E-state index contributed by atoms with van der Waals surface area (Å²) in [5.74, 6) is -0.0693. The predicted molar refractivity (Wildman–Crippen MR) is 91.3 cm³/mol. The van der Waals surface area contributed by atoms with Crippen molar-refractivity contribution in [2.75, 3.05) is 6.61 Å². The van der Waals surface area contributed by atoms with Crippen LogP contribution in [0.25, 0.3) is 10.9 Å². The Morgan fingerprint density at radius 2 is 1.88 bits per heavy atom. The molecule has 122 valence electrons. The molecule has 5 heteroatoms. The van der Waals surface area contributed by atoms with Crippen LogP contribution in [0.2, 0.25) is 0 Å². The van der Waals surface area contributed by atoms with Gasteiger partial charge in [0.2, 0.25) is 0 Å². The standard InChI is InChI=1S/C19H17NO4/c1-2-23-19(22)15-11-14-9-6-10-16(17(14)20-18(15)21)24-12-13-7-4-3-5-8-13/h3-11H,2,12H2,1H3,(H,20,21). The van der Waals surface area contributed by atoms with E-state index < -0.39 is 11.5 Å². The summed E-state index contributed by atoms with van der Waals surface area (Å²) in [5, 5.41) is 0.711. The van der Waals surface area contributed by atoms with Crippen molar-refractivity contribution in [2.45, 2.75) is 13.5 Å². The van der Waals surface area contributed by atoms with Gasteiger partial charge in [0.05, 0.1) is 12.1 Å². The first-order valence-electron chi connectivity index (χ1n) is 7.69. The minimum absolute atomic E-state index is 0.00967. The summed E-state index contributed by atoms with van der Waals surface area (Å²) in [5.41, 5.74) is 1.09. The number of aromatic amines is 1. The average Bonchev–Trinajstić information content (AvgIpc) is 2.60. The Morgan fingerprint density at radius 3 is 2.62 bits per heavy atom. The number of nitrogens with one attached hydrogen (secondary N) is 1. The highest BCUT2D eigenvalue weighted by molar-refractivity contribution is 5.94. The third kappa shape index (κ3) is 3.30. The number of hydrogen-bond acceptors (Lipinski definition) is 4. The van der Waals surface area contributed by atoms with Crippen LogP contribution >= 0.6 is 0 Å². The molecule has 5 nitrogen and oxygen atoms in total. The van der Waals surface area contributed by atoms with Crippen LogP contribution < -0.4 is 10.3 Å². The molecule has 0 radical (unpaired) electrons. The van der Waals surface area contributed by atoms with Crippen molar-refractivity contribution in [1.29, 1.82) is 0 Å². The van der Waals surface area contributed by atoms with Gasteiger partial charge in [-0.2, -0.15) is 0 Å². The number of pyridine rings is 1. The van der Waals surface area contributed by atoms with E-state index in [0.29, 0.717) is 23.3 Å². The van der Waals surface area contributed by atoms with Gasteiger partial charge in [-0.3, -0.25) is 4.79 Å². The minimum Gasteiger partial charge on any atom is -0.487 e. The second kappa shape index (κ2) is 7.00. The highest BCUT2D eigenvalue weighted by atomic mass is 16.5. The van der Waals surface area contributed by atoms with E-state index in [1.54, 1.807) is 13.0 Å². The summed E-state index contributed by atoms with van der Waals surface area (Å²) >= 11 is 0. The zero-order chi connectivity index (χ0) is 16.9. The van der Waals surface area contributed by atoms with Gasteiger partial charge in [-0.15, -0.1) is 0 Å². The molecule has 2 aromatic carbocycles. The largest absolute Gasteiger partial charge is 0.487 e. The first kappa shape index (κ1) is 15.8. The molecule has 0 atom stereocenters. The minimum atomic E-state index is -0.628. The summed E-state index contributed by atoms with van der Waals surface area (Å²) in [6, 6.07) is 16.7. The Morgan fingerprint density at radius 1 is 1.08 bits per heavy atom. The smallest absolute Gasteiger partial charge is 0.343 e. The predicted octanol–water partition coefficient (Wildman–Crippen LogP) is 3.28. The van der Waals surface area contributed by atoms with Crippen LogP contribution in [0.1, 0.15) is 22.8 Å². The van der Waals surface area contributed by atoms with Crippen LogP contribution in [0.3, 0.4) is 0 Å². The summed E-state index contributed by atoms with van der Waals surface area (Å²) < 4.78 is 10.7. The molecule has 0 spiro atoms. The van der Waals surface area contributed by atoms with Gasteiger partial charge in [0, 0.05) is 5.39 Å². The van der Waals surface area contributed by atoms with Crippen LogP contribution in [-0.4, -0.2) is 17.6 Å². The Labute approximate surface area is 138 Å². The number of para-hydroxylation sites is 1. The molecule has 3 rings (SSSR count). The highest BCUT2D eigenvalue weighted by Crippen LogP contribution is 2.24. The molecule has 0 fully saturated rings. The Kier molecular flexibility index (Phi) is 4.61. The van der Waals surface area contributed by atoms with Gasteiger partial charge in [0.15, 0.2) is 0 Å². The Hall–Kier alpha value is -3.08. The fourth-order valence-electron chi connectivity index (χ4n) is 2.42. The van der Waals surface area contributed by atoms with E-state index in [4.69, 9.17) is 9.47 Å². The van der Waals surface area contributed by atoms with Gasteiger partial charge in [-0.1, -0.05) is 42.5 Å². The molecule has 1 aromatic heterocycles. The zero-order valence-electron chi connectivity index (χ0n) is 13.2. The van der Waals surface area contributed by atoms with Gasteiger partial charge < -0.3 is 14.5 Å². The van der Waals surface area contributed by atoms with Gasteiger partial charge in [-0.25, -0.2) is 4.79 Å². The second-order valence-electron chi connectivity index (χ2n) is 5.23. The van der Waals surface area contributed by atoms with Crippen LogP contribution in [-0.2, 0) is 11.3 Å². The van der Waals surface area contributed by atoms with E-state index in [0.717, 1.165) is 5.56 Å². The SMILES string of the molecule is CCOC(=O)c1cc2cccc(OCc3ccccc3)c2[nH]c1=O. The van der Waals surface area contributed by atoms with Gasteiger partial charge in [-0.05, 0) is 24.6 Å². The average molecular weight is 323 g/mol. The number of benzene rings is 2. The monoisotopic (exact) mass is 323 g/mol. The van der Waals surface area contributed by atoms with E-state index in [9.17, 15) is 9.59 Å². The van der Waals surface area contributed by atoms with Gasteiger partial charge >= 0.3 is 5.97 Å². The zero-order valence-corrected chi connectivity index (χ0v) is 13.2. The fraction of sp³-hybridized carbons (Fsp3) is 0.158. The number of esters is 1. The maximum Gasteiger partial charge on any atom is 0.343 e. The number of fused-ring (bicyclic) bond motifs is 1.